The number of carbonyl (C=O) groups excluding carboxylic acids is 1. The fourth-order valence-electron chi connectivity index (χ4n) is 2.28. The summed E-state index contributed by atoms with van der Waals surface area (Å²) in [6, 6.07) is 8.24. The van der Waals surface area contributed by atoms with E-state index < -0.39 is 0 Å². The average Bonchev–Trinajstić information content (AvgIpc) is 3.10. The summed E-state index contributed by atoms with van der Waals surface area (Å²) >= 11 is 1.54. The number of hydrogen-bond donors (Lipinski definition) is 0. The van der Waals surface area contributed by atoms with E-state index in [2.05, 4.69) is 36.2 Å². The van der Waals surface area contributed by atoms with Crippen molar-refractivity contribution in [2.75, 3.05) is 13.1 Å². The molecular formula is C15H16N2OS. The SMILES string of the molecule is Cc1ccc(-c2nc(C(=O)N3CCCC3)cs2)cc1. The van der Waals surface area contributed by atoms with Crippen molar-refractivity contribution in [3.05, 3.63) is 40.9 Å². The second-order valence-electron chi connectivity index (χ2n) is 4.90. The zero-order valence-electron chi connectivity index (χ0n) is 10.9. The second-order valence-corrected chi connectivity index (χ2v) is 5.76. The molecule has 2 heterocycles. The molecule has 1 fully saturated rings. The maximum absolute atomic E-state index is 12.2. The van der Waals surface area contributed by atoms with Crippen LogP contribution in [0.2, 0.25) is 0 Å². The minimum atomic E-state index is 0.0760. The summed E-state index contributed by atoms with van der Waals surface area (Å²) in [7, 11) is 0. The number of hydrogen-bond acceptors (Lipinski definition) is 3. The van der Waals surface area contributed by atoms with E-state index >= 15 is 0 Å². The lowest BCUT2D eigenvalue weighted by Gasteiger charge is -2.12. The molecule has 1 aromatic carbocycles. The highest BCUT2D eigenvalue weighted by atomic mass is 32.1. The predicted octanol–water partition coefficient (Wildman–Crippen LogP) is 3.35. The van der Waals surface area contributed by atoms with E-state index in [1.807, 2.05) is 10.3 Å². The Balaban J connectivity index is 1.82. The third-order valence-corrected chi connectivity index (χ3v) is 4.31. The Bertz CT molecular complexity index is 582. The van der Waals surface area contributed by atoms with Crippen LogP contribution in [-0.2, 0) is 0 Å². The van der Waals surface area contributed by atoms with E-state index in [0.717, 1.165) is 36.5 Å². The number of benzene rings is 1. The maximum Gasteiger partial charge on any atom is 0.273 e. The molecule has 0 aliphatic carbocycles. The van der Waals surface area contributed by atoms with Crippen molar-refractivity contribution < 1.29 is 4.79 Å². The molecule has 1 aromatic heterocycles. The van der Waals surface area contributed by atoms with E-state index in [-0.39, 0.29) is 5.91 Å². The summed E-state index contributed by atoms with van der Waals surface area (Å²) < 4.78 is 0. The van der Waals surface area contributed by atoms with Gasteiger partial charge in [-0.2, -0.15) is 0 Å². The molecule has 3 rings (SSSR count). The van der Waals surface area contributed by atoms with Crippen molar-refractivity contribution in [2.24, 2.45) is 0 Å². The lowest BCUT2D eigenvalue weighted by Crippen LogP contribution is -2.27. The topological polar surface area (TPSA) is 33.2 Å². The van der Waals surface area contributed by atoms with E-state index in [4.69, 9.17) is 0 Å². The Morgan fingerprint density at radius 3 is 2.58 bits per heavy atom. The number of aryl methyl sites for hydroxylation is 1. The van der Waals surface area contributed by atoms with Gasteiger partial charge >= 0.3 is 0 Å². The molecule has 0 spiro atoms. The van der Waals surface area contributed by atoms with Crippen LogP contribution in [0.25, 0.3) is 10.6 Å². The standard InChI is InChI=1S/C15H16N2OS/c1-11-4-6-12(7-5-11)14-16-13(10-19-14)15(18)17-8-2-3-9-17/h4-7,10H,2-3,8-9H2,1H3. The number of rotatable bonds is 2. The normalized spacial score (nSPS) is 14.9. The van der Waals surface area contributed by atoms with Gasteiger partial charge in [0.05, 0.1) is 0 Å². The zero-order chi connectivity index (χ0) is 13.2. The van der Waals surface area contributed by atoms with Gasteiger partial charge in [-0.05, 0) is 19.8 Å². The van der Waals surface area contributed by atoms with Gasteiger partial charge in [-0.1, -0.05) is 29.8 Å². The van der Waals surface area contributed by atoms with Crippen molar-refractivity contribution in [3.63, 3.8) is 0 Å². The first-order valence-corrected chi connectivity index (χ1v) is 7.44. The van der Waals surface area contributed by atoms with Crippen LogP contribution in [0.1, 0.15) is 28.9 Å². The van der Waals surface area contributed by atoms with E-state index in [9.17, 15) is 4.79 Å². The molecule has 0 N–H and O–H groups in total. The summed E-state index contributed by atoms with van der Waals surface area (Å²) in [5.74, 6) is 0.0760. The molecule has 2 aromatic rings. The molecule has 19 heavy (non-hydrogen) atoms. The predicted molar refractivity (Wildman–Crippen MR) is 77.4 cm³/mol. The van der Waals surface area contributed by atoms with Crippen molar-refractivity contribution >= 4 is 17.2 Å². The van der Waals surface area contributed by atoms with Gasteiger partial charge in [-0.15, -0.1) is 11.3 Å². The molecule has 0 unspecified atom stereocenters. The lowest BCUT2D eigenvalue weighted by molar-refractivity contribution is 0.0788. The molecule has 1 saturated heterocycles. The summed E-state index contributed by atoms with van der Waals surface area (Å²) in [5.41, 5.74) is 2.90. The van der Waals surface area contributed by atoms with Gasteiger partial charge in [-0.3, -0.25) is 4.79 Å². The summed E-state index contributed by atoms with van der Waals surface area (Å²) in [4.78, 5) is 18.6. The van der Waals surface area contributed by atoms with E-state index in [1.165, 1.54) is 16.9 Å². The summed E-state index contributed by atoms with van der Waals surface area (Å²) in [6.07, 6.45) is 2.22. The molecule has 1 amide bonds. The first kappa shape index (κ1) is 12.4. The van der Waals surface area contributed by atoms with Crippen LogP contribution in [0.15, 0.2) is 29.6 Å². The second kappa shape index (κ2) is 5.13. The van der Waals surface area contributed by atoms with Crippen LogP contribution < -0.4 is 0 Å². The zero-order valence-corrected chi connectivity index (χ0v) is 11.7. The Morgan fingerprint density at radius 1 is 1.21 bits per heavy atom. The number of carbonyl (C=O) groups is 1. The quantitative estimate of drug-likeness (QED) is 0.840. The van der Waals surface area contributed by atoms with Gasteiger partial charge in [0.15, 0.2) is 0 Å². The summed E-state index contributed by atoms with van der Waals surface area (Å²) in [6.45, 7) is 3.81. The fraction of sp³-hybridized carbons (Fsp3) is 0.333. The molecule has 1 aliphatic rings. The molecule has 0 atom stereocenters. The van der Waals surface area contributed by atoms with E-state index in [1.54, 1.807) is 0 Å². The van der Waals surface area contributed by atoms with Crippen molar-refractivity contribution in [1.82, 2.24) is 9.88 Å². The molecule has 1 aliphatic heterocycles. The number of amides is 1. The fourth-order valence-corrected chi connectivity index (χ4v) is 3.08. The number of nitrogens with zero attached hydrogens (tertiary/aromatic N) is 2. The van der Waals surface area contributed by atoms with Crippen LogP contribution in [0.3, 0.4) is 0 Å². The highest BCUT2D eigenvalue weighted by molar-refractivity contribution is 7.13. The van der Waals surface area contributed by atoms with Crippen molar-refractivity contribution in [1.29, 1.82) is 0 Å². The molecule has 0 bridgehead atoms. The molecule has 98 valence electrons. The Morgan fingerprint density at radius 2 is 1.89 bits per heavy atom. The monoisotopic (exact) mass is 272 g/mol. The van der Waals surface area contributed by atoms with Gasteiger partial charge in [0, 0.05) is 24.0 Å². The first-order valence-electron chi connectivity index (χ1n) is 6.56. The minimum absolute atomic E-state index is 0.0760. The Labute approximate surface area is 116 Å². The van der Waals surface area contributed by atoms with Gasteiger partial charge in [0.2, 0.25) is 0 Å². The molecular weight excluding hydrogens is 256 g/mol. The molecule has 0 saturated carbocycles. The Hall–Kier alpha value is -1.68. The highest BCUT2D eigenvalue weighted by Gasteiger charge is 2.21. The number of aromatic nitrogens is 1. The minimum Gasteiger partial charge on any atom is -0.337 e. The molecule has 0 radical (unpaired) electrons. The van der Waals surface area contributed by atoms with Crippen LogP contribution in [0, 0.1) is 6.92 Å². The molecule has 4 heteroatoms. The number of likely N-dealkylation sites (tertiary alicyclic amines) is 1. The van der Waals surface area contributed by atoms with Crippen LogP contribution >= 0.6 is 11.3 Å². The van der Waals surface area contributed by atoms with Crippen LogP contribution in [0.5, 0.6) is 0 Å². The van der Waals surface area contributed by atoms with Crippen LogP contribution in [-0.4, -0.2) is 28.9 Å². The van der Waals surface area contributed by atoms with Gasteiger partial charge < -0.3 is 4.90 Å². The summed E-state index contributed by atoms with van der Waals surface area (Å²) in [5, 5.41) is 2.79. The first-order chi connectivity index (χ1) is 9.24. The van der Waals surface area contributed by atoms with Crippen LogP contribution in [0.4, 0.5) is 0 Å². The average molecular weight is 272 g/mol. The van der Waals surface area contributed by atoms with Crippen molar-refractivity contribution in [3.8, 4) is 10.6 Å². The maximum atomic E-state index is 12.2. The third-order valence-electron chi connectivity index (χ3n) is 3.42. The smallest absolute Gasteiger partial charge is 0.273 e. The van der Waals surface area contributed by atoms with Gasteiger partial charge in [0.1, 0.15) is 10.7 Å². The lowest BCUT2D eigenvalue weighted by atomic mass is 10.2. The van der Waals surface area contributed by atoms with Gasteiger partial charge in [0.25, 0.3) is 5.91 Å². The van der Waals surface area contributed by atoms with Crippen molar-refractivity contribution in [2.45, 2.75) is 19.8 Å². The van der Waals surface area contributed by atoms with E-state index in [0.29, 0.717) is 5.69 Å². The number of thiazole rings is 1. The molecule has 3 nitrogen and oxygen atoms in total. The van der Waals surface area contributed by atoms with Gasteiger partial charge in [-0.25, -0.2) is 4.98 Å². The third kappa shape index (κ3) is 2.54. The Kier molecular flexibility index (Phi) is 3.34. The largest absolute Gasteiger partial charge is 0.337 e. The highest BCUT2D eigenvalue weighted by Crippen LogP contribution is 2.25.